The predicted octanol–water partition coefficient (Wildman–Crippen LogP) is 2.17. The van der Waals surface area contributed by atoms with Crippen LogP contribution in [-0.4, -0.2) is 15.0 Å². The molecule has 0 N–H and O–H groups in total. The number of unbranched alkanes of at least 4 members (excludes halogenated alkanes) is 1. The van der Waals surface area contributed by atoms with Gasteiger partial charge in [0.25, 0.3) is 0 Å². The molecule has 0 aliphatic carbocycles. The Morgan fingerprint density at radius 2 is 2.00 bits per heavy atom. The van der Waals surface area contributed by atoms with Crippen LogP contribution in [0.5, 0.6) is 0 Å². The van der Waals surface area contributed by atoms with Crippen molar-refractivity contribution < 1.29 is 4.43 Å². The molecule has 1 aromatic rings. The van der Waals surface area contributed by atoms with Gasteiger partial charge in [0.15, 0.2) is 0 Å². The number of hydrogen-bond acceptors (Lipinski definition) is 1. The van der Waals surface area contributed by atoms with Gasteiger partial charge in [0.05, 0.1) is 0 Å². The fourth-order valence-corrected chi connectivity index (χ4v) is 2.83. The second-order valence-electron chi connectivity index (χ2n) is 2.95. The molecule has 0 bridgehead atoms. The predicted molar refractivity (Wildman–Crippen MR) is 59.9 cm³/mol. The summed E-state index contributed by atoms with van der Waals surface area (Å²) in [4.78, 5) is 0. The van der Waals surface area contributed by atoms with Crippen molar-refractivity contribution in [3.05, 3.63) is 30.3 Å². The molecular weight excluding hydrogens is 200 g/mol. The maximum atomic E-state index is 6.16. The van der Waals surface area contributed by atoms with E-state index in [1.54, 1.807) is 0 Å². The van der Waals surface area contributed by atoms with Gasteiger partial charge in [-0.15, -0.1) is 11.1 Å². The molecule has 1 unspecified atom stereocenters. The first-order valence-electron chi connectivity index (χ1n) is 4.65. The highest BCUT2D eigenvalue weighted by molar-refractivity contribution is 7.10. The number of rotatable bonds is 5. The maximum Gasteiger partial charge on any atom is 0.306 e. The van der Waals surface area contributed by atoms with Crippen molar-refractivity contribution in [2.45, 2.75) is 19.8 Å². The van der Waals surface area contributed by atoms with Gasteiger partial charge in [0.2, 0.25) is 0 Å². The second-order valence-corrected chi connectivity index (χ2v) is 5.77. The highest BCUT2D eigenvalue weighted by Crippen LogP contribution is 1.97. The Bertz CT molecular complexity index is 228. The zero-order chi connectivity index (χ0) is 9.52. The third-order valence-corrected chi connectivity index (χ3v) is 4.40. The Labute approximate surface area is 86.1 Å². The van der Waals surface area contributed by atoms with Crippen LogP contribution < -0.4 is 5.19 Å². The SMILES string of the molecule is CCCCO[SiH](Cl)c1ccccc1. The summed E-state index contributed by atoms with van der Waals surface area (Å²) in [6.07, 6.45) is 2.26. The van der Waals surface area contributed by atoms with Gasteiger partial charge in [-0.1, -0.05) is 43.7 Å². The molecule has 0 amide bonds. The Morgan fingerprint density at radius 3 is 2.62 bits per heavy atom. The van der Waals surface area contributed by atoms with E-state index in [0.29, 0.717) is 0 Å². The van der Waals surface area contributed by atoms with Crippen molar-refractivity contribution in [2.24, 2.45) is 0 Å². The lowest BCUT2D eigenvalue weighted by Gasteiger charge is -2.08. The highest BCUT2D eigenvalue weighted by Gasteiger charge is 2.09. The largest absolute Gasteiger partial charge is 0.402 e. The van der Waals surface area contributed by atoms with Crippen LogP contribution in [0, 0.1) is 0 Å². The number of halogens is 1. The molecule has 1 aromatic carbocycles. The monoisotopic (exact) mass is 214 g/mol. The first kappa shape index (κ1) is 10.8. The fraction of sp³-hybridized carbons (Fsp3) is 0.400. The van der Waals surface area contributed by atoms with E-state index in [1.165, 1.54) is 5.19 Å². The molecule has 0 saturated carbocycles. The van der Waals surface area contributed by atoms with E-state index in [9.17, 15) is 0 Å². The van der Waals surface area contributed by atoms with E-state index in [-0.39, 0.29) is 0 Å². The van der Waals surface area contributed by atoms with E-state index in [4.69, 9.17) is 15.5 Å². The van der Waals surface area contributed by atoms with Crippen molar-refractivity contribution in [3.63, 3.8) is 0 Å². The van der Waals surface area contributed by atoms with Crippen molar-refractivity contribution in [3.8, 4) is 0 Å². The minimum Gasteiger partial charge on any atom is -0.402 e. The van der Waals surface area contributed by atoms with Crippen LogP contribution in [-0.2, 0) is 4.43 Å². The van der Waals surface area contributed by atoms with Crippen LogP contribution in [0.2, 0.25) is 0 Å². The summed E-state index contributed by atoms with van der Waals surface area (Å²) in [5, 5.41) is 1.17. The molecule has 0 radical (unpaired) electrons. The first-order chi connectivity index (χ1) is 6.34. The molecule has 0 aromatic heterocycles. The Balaban J connectivity index is 2.35. The molecule has 0 fully saturated rings. The van der Waals surface area contributed by atoms with Gasteiger partial charge < -0.3 is 4.43 Å². The number of benzene rings is 1. The molecule has 72 valence electrons. The minimum atomic E-state index is -1.62. The zero-order valence-corrected chi connectivity index (χ0v) is 9.78. The molecule has 0 aliphatic heterocycles. The van der Waals surface area contributed by atoms with E-state index < -0.39 is 8.35 Å². The fourth-order valence-electron chi connectivity index (χ4n) is 1.03. The van der Waals surface area contributed by atoms with Gasteiger partial charge >= 0.3 is 8.35 Å². The summed E-state index contributed by atoms with van der Waals surface area (Å²) < 4.78 is 5.57. The van der Waals surface area contributed by atoms with E-state index in [1.807, 2.05) is 30.3 Å². The summed E-state index contributed by atoms with van der Waals surface area (Å²) in [5.41, 5.74) is 0. The summed E-state index contributed by atoms with van der Waals surface area (Å²) in [5.74, 6) is 0. The van der Waals surface area contributed by atoms with Crippen molar-refractivity contribution in [2.75, 3.05) is 6.61 Å². The molecule has 0 heterocycles. The lowest BCUT2D eigenvalue weighted by molar-refractivity contribution is 0.327. The summed E-state index contributed by atoms with van der Waals surface area (Å²) in [7, 11) is -1.62. The summed E-state index contributed by atoms with van der Waals surface area (Å²) in [6, 6.07) is 10.1. The average molecular weight is 215 g/mol. The van der Waals surface area contributed by atoms with Gasteiger partial charge in [0.1, 0.15) is 0 Å². The molecular formula is C10H15ClOSi. The Kier molecular flexibility index (Phi) is 5.12. The molecule has 0 saturated heterocycles. The zero-order valence-electron chi connectivity index (χ0n) is 7.87. The summed E-state index contributed by atoms with van der Waals surface area (Å²) in [6.45, 7) is 2.95. The van der Waals surface area contributed by atoms with E-state index >= 15 is 0 Å². The lowest BCUT2D eigenvalue weighted by atomic mass is 10.4. The molecule has 1 rings (SSSR count). The Hall–Kier alpha value is -0.313. The quantitative estimate of drug-likeness (QED) is 0.415. The molecule has 3 heteroatoms. The summed E-state index contributed by atoms with van der Waals surface area (Å²) >= 11 is 6.16. The van der Waals surface area contributed by atoms with Crippen molar-refractivity contribution in [1.29, 1.82) is 0 Å². The minimum absolute atomic E-state index is 0.797. The molecule has 1 atom stereocenters. The van der Waals surface area contributed by atoms with Crippen LogP contribution in [0.25, 0.3) is 0 Å². The van der Waals surface area contributed by atoms with Crippen molar-refractivity contribution in [1.82, 2.24) is 0 Å². The van der Waals surface area contributed by atoms with Crippen LogP contribution >= 0.6 is 11.1 Å². The molecule has 1 nitrogen and oxygen atoms in total. The molecule has 0 aliphatic rings. The third-order valence-electron chi connectivity index (χ3n) is 1.82. The van der Waals surface area contributed by atoms with Crippen LogP contribution in [0.3, 0.4) is 0 Å². The number of hydrogen-bond donors (Lipinski definition) is 0. The van der Waals surface area contributed by atoms with Crippen molar-refractivity contribution >= 4 is 24.6 Å². The maximum absolute atomic E-state index is 6.16. The molecule has 0 spiro atoms. The van der Waals surface area contributed by atoms with Gasteiger partial charge in [-0.25, -0.2) is 0 Å². The average Bonchev–Trinajstić information content (AvgIpc) is 2.19. The van der Waals surface area contributed by atoms with Crippen LogP contribution in [0.1, 0.15) is 19.8 Å². The van der Waals surface area contributed by atoms with E-state index in [0.717, 1.165) is 19.4 Å². The molecule has 13 heavy (non-hydrogen) atoms. The second kappa shape index (κ2) is 6.19. The van der Waals surface area contributed by atoms with Gasteiger partial charge in [0, 0.05) is 6.61 Å². The third kappa shape index (κ3) is 3.94. The van der Waals surface area contributed by atoms with Gasteiger partial charge in [-0.2, -0.15) is 0 Å². The van der Waals surface area contributed by atoms with Gasteiger partial charge in [-0.05, 0) is 11.6 Å². The Morgan fingerprint density at radius 1 is 1.31 bits per heavy atom. The van der Waals surface area contributed by atoms with Crippen LogP contribution in [0.4, 0.5) is 0 Å². The standard InChI is InChI=1S/C10H15ClOSi/c1-2-3-9-12-13(11)10-7-5-4-6-8-10/h4-8,13H,2-3,9H2,1H3. The van der Waals surface area contributed by atoms with Crippen LogP contribution in [0.15, 0.2) is 30.3 Å². The lowest BCUT2D eigenvalue weighted by Crippen LogP contribution is -2.27. The first-order valence-corrected chi connectivity index (χ1v) is 7.44. The topological polar surface area (TPSA) is 9.23 Å². The smallest absolute Gasteiger partial charge is 0.306 e. The highest BCUT2D eigenvalue weighted by atomic mass is 35.6. The van der Waals surface area contributed by atoms with Gasteiger partial charge in [-0.3, -0.25) is 0 Å². The normalized spacial score (nSPS) is 12.8. The van der Waals surface area contributed by atoms with E-state index in [2.05, 4.69) is 6.92 Å².